The quantitative estimate of drug-likeness (QED) is 0.624. The number of benzene rings is 2. The van der Waals surface area contributed by atoms with Crippen molar-refractivity contribution in [1.82, 2.24) is 9.21 Å². The molecule has 1 unspecified atom stereocenters. The van der Waals surface area contributed by atoms with E-state index in [-0.39, 0.29) is 30.1 Å². The van der Waals surface area contributed by atoms with Crippen molar-refractivity contribution in [2.75, 3.05) is 19.7 Å². The summed E-state index contributed by atoms with van der Waals surface area (Å²) in [5.74, 6) is -0.489. The molecule has 33 heavy (non-hydrogen) atoms. The molecule has 11 heteroatoms. The van der Waals surface area contributed by atoms with E-state index in [2.05, 4.69) is 4.74 Å². The fraction of sp³-hybridized carbons (Fsp3) is 0.409. The van der Waals surface area contributed by atoms with Crippen LogP contribution in [0, 0.1) is 0 Å². The van der Waals surface area contributed by atoms with Crippen LogP contribution in [-0.2, 0) is 21.2 Å². The number of ether oxygens (including phenoxy) is 2. The first-order chi connectivity index (χ1) is 15.6. The number of sulfonamides is 1. The predicted molar refractivity (Wildman–Crippen MR) is 112 cm³/mol. The van der Waals surface area contributed by atoms with Gasteiger partial charge in [-0.15, -0.1) is 13.2 Å². The first kappa shape index (κ1) is 23.4. The van der Waals surface area contributed by atoms with Gasteiger partial charge in [-0.05, 0) is 49.1 Å². The van der Waals surface area contributed by atoms with Gasteiger partial charge >= 0.3 is 12.5 Å². The van der Waals surface area contributed by atoms with Crippen LogP contribution in [0.25, 0.3) is 0 Å². The summed E-state index contributed by atoms with van der Waals surface area (Å²) in [5, 5.41) is 0. The van der Waals surface area contributed by atoms with E-state index in [0.29, 0.717) is 25.9 Å². The van der Waals surface area contributed by atoms with Gasteiger partial charge in [0.15, 0.2) is 0 Å². The van der Waals surface area contributed by atoms with Crippen molar-refractivity contribution in [2.24, 2.45) is 0 Å². The third kappa shape index (κ3) is 5.41. The zero-order chi connectivity index (χ0) is 23.6. The molecule has 2 aromatic carbocycles. The van der Waals surface area contributed by atoms with Crippen LogP contribution in [0.4, 0.5) is 18.0 Å². The number of carbonyl (C=O) groups is 1. The number of alkyl halides is 3. The van der Waals surface area contributed by atoms with Crippen LogP contribution in [0.1, 0.15) is 18.4 Å². The average molecular weight is 484 g/mol. The van der Waals surface area contributed by atoms with Gasteiger partial charge in [-0.2, -0.15) is 4.31 Å². The molecular formula is C22H23F3N2O5S. The first-order valence-corrected chi connectivity index (χ1v) is 11.9. The maximum absolute atomic E-state index is 12.9. The lowest BCUT2D eigenvalue weighted by molar-refractivity contribution is -0.274. The highest BCUT2D eigenvalue weighted by Gasteiger charge is 2.41. The van der Waals surface area contributed by atoms with Gasteiger partial charge in [0.2, 0.25) is 10.0 Å². The van der Waals surface area contributed by atoms with Crippen LogP contribution in [-0.4, -0.2) is 61.9 Å². The second-order valence-corrected chi connectivity index (χ2v) is 9.92. The fourth-order valence-electron chi connectivity index (χ4n) is 4.29. The highest BCUT2D eigenvalue weighted by Crippen LogP contribution is 2.29. The number of carbonyl (C=O) groups excluding carboxylic acids is 1. The average Bonchev–Trinajstić information content (AvgIpc) is 3.13. The molecule has 0 N–H and O–H groups in total. The molecule has 0 aliphatic carbocycles. The normalized spacial score (nSPS) is 20.6. The number of piperidine rings is 1. The molecule has 0 radical (unpaired) electrons. The van der Waals surface area contributed by atoms with Gasteiger partial charge in [-0.1, -0.05) is 30.3 Å². The van der Waals surface area contributed by atoms with Gasteiger partial charge in [-0.25, -0.2) is 13.2 Å². The number of hydrogen-bond acceptors (Lipinski definition) is 5. The minimum atomic E-state index is -4.85. The minimum absolute atomic E-state index is 0.113. The molecule has 0 bridgehead atoms. The van der Waals surface area contributed by atoms with E-state index in [1.807, 2.05) is 30.3 Å². The molecule has 2 fully saturated rings. The summed E-state index contributed by atoms with van der Waals surface area (Å²) in [5.41, 5.74) is 1.09. The van der Waals surface area contributed by atoms with E-state index in [9.17, 15) is 26.4 Å². The molecule has 2 heterocycles. The molecule has 0 aromatic heterocycles. The van der Waals surface area contributed by atoms with Crippen LogP contribution >= 0.6 is 0 Å². The van der Waals surface area contributed by atoms with Crippen molar-refractivity contribution >= 4 is 16.1 Å². The van der Waals surface area contributed by atoms with Crippen molar-refractivity contribution in [1.29, 1.82) is 0 Å². The summed E-state index contributed by atoms with van der Waals surface area (Å²) in [4.78, 5) is 14.0. The lowest BCUT2D eigenvalue weighted by Gasteiger charge is -2.37. The van der Waals surface area contributed by atoms with E-state index in [1.165, 1.54) is 4.31 Å². The van der Waals surface area contributed by atoms with Crippen molar-refractivity contribution in [2.45, 2.75) is 42.6 Å². The molecule has 2 aromatic rings. The Kier molecular flexibility index (Phi) is 6.53. The van der Waals surface area contributed by atoms with Gasteiger partial charge in [0.25, 0.3) is 0 Å². The number of halogens is 3. The molecule has 0 saturated carbocycles. The van der Waals surface area contributed by atoms with E-state index in [0.717, 1.165) is 29.8 Å². The molecule has 7 nitrogen and oxygen atoms in total. The third-order valence-electron chi connectivity index (χ3n) is 5.83. The van der Waals surface area contributed by atoms with Crippen LogP contribution in [0.5, 0.6) is 5.75 Å². The highest BCUT2D eigenvalue weighted by atomic mass is 32.2. The van der Waals surface area contributed by atoms with E-state index in [4.69, 9.17) is 4.74 Å². The second-order valence-electron chi connectivity index (χ2n) is 7.98. The number of nitrogens with zero attached hydrogens (tertiary/aromatic N) is 2. The van der Waals surface area contributed by atoms with Gasteiger partial charge in [0.05, 0.1) is 10.9 Å². The number of amides is 1. The summed E-state index contributed by atoms with van der Waals surface area (Å²) in [6.45, 7) is 0.671. The Morgan fingerprint density at radius 2 is 1.64 bits per heavy atom. The largest absolute Gasteiger partial charge is 0.573 e. The minimum Gasteiger partial charge on any atom is -0.447 e. The summed E-state index contributed by atoms with van der Waals surface area (Å²) in [7, 11) is -3.88. The van der Waals surface area contributed by atoms with Crippen LogP contribution in [0.15, 0.2) is 59.5 Å². The lowest BCUT2D eigenvalue weighted by Crippen LogP contribution is -2.50. The number of cyclic esters (lactones) is 1. The van der Waals surface area contributed by atoms with E-state index < -0.39 is 28.2 Å². The lowest BCUT2D eigenvalue weighted by atomic mass is 10.00. The molecule has 2 aliphatic rings. The zero-order valence-electron chi connectivity index (χ0n) is 17.6. The van der Waals surface area contributed by atoms with Crippen LogP contribution in [0.2, 0.25) is 0 Å². The summed E-state index contributed by atoms with van der Waals surface area (Å²) >= 11 is 0. The summed E-state index contributed by atoms with van der Waals surface area (Å²) in [6.07, 6.45) is -3.71. The summed E-state index contributed by atoms with van der Waals surface area (Å²) in [6, 6.07) is 13.6. The molecule has 2 saturated heterocycles. The number of rotatable bonds is 6. The zero-order valence-corrected chi connectivity index (χ0v) is 18.4. The predicted octanol–water partition coefficient (Wildman–Crippen LogP) is 3.80. The van der Waals surface area contributed by atoms with Gasteiger partial charge in [-0.3, -0.25) is 4.90 Å². The molecule has 1 atom stereocenters. The maximum atomic E-state index is 12.9. The highest BCUT2D eigenvalue weighted by molar-refractivity contribution is 7.89. The molecule has 178 valence electrons. The van der Waals surface area contributed by atoms with E-state index in [1.54, 1.807) is 4.90 Å². The van der Waals surface area contributed by atoms with Gasteiger partial charge in [0, 0.05) is 19.1 Å². The number of hydrogen-bond donors (Lipinski definition) is 0. The second kappa shape index (κ2) is 9.22. The van der Waals surface area contributed by atoms with Crippen LogP contribution in [0.3, 0.4) is 0 Å². The Bertz CT molecular complexity index is 1070. The topological polar surface area (TPSA) is 76.2 Å². The Morgan fingerprint density at radius 1 is 1.00 bits per heavy atom. The third-order valence-corrected chi connectivity index (χ3v) is 7.74. The van der Waals surface area contributed by atoms with Crippen molar-refractivity contribution in [3.63, 3.8) is 0 Å². The smallest absolute Gasteiger partial charge is 0.447 e. The first-order valence-electron chi connectivity index (χ1n) is 10.5. The standard InChI is InChI=1S/C22H23F3N2O5S/c23-22(24,25)32-19-6-8-20(9-7-19)33(29,30)26-12-10-17(11-13-26)27-18(15-31-21(27)28)14-16-4-2-1-3-5-16/h1-9,17-18H,10-15H2. The molecule has 4 rings (SSSR count). The molecule has 1 amide bonds. The fourth-order valence-corrected chi connectivity index (χ4v) is 5.75. The Labute approximate surface area is 189 Å². The van der Waals surface area contributed by atoms with Crippen molar-refractivity contribution < 1.29 is 35.9 Å². The SMILES string of the molecule is O=C1OCC(Cc2ccccc2)N1C1CCN(S(=O)(=O)c2ccc(OC(F)(F)F)cc2)CC1. The molecule has 0 spiro atoms. The molecular weight excluding hydrogens is 461 g/mol. The van der Waals surface area contributed by atoms with Crippen molar-refractivity contribution in [3.05, 3.63) is 60.2 Å². The van der Waals surface area contributed by atoms with Gasteiger partial charge in [0.1, 0.15) is 12.4 Å². The molecule has 2 aliphatic heterocycles. The van der Waals surface area contributed by atoms with E-state index >= 15 is 0 Å². The van der Waals surface area contributed by atoms with Crippen LogP contribution < -0.4 is 4.74 Å². The van der Waals surface area contributed by atoms with Crippen molar-refractivity contribution in [3.8, 4) is 5.75 Å². The monoisotopic (exact) mass is 484 g/mol. The Morgan fingerprint density at radius 3 is 2.24 bits per heavy atom. The van der Waals surface area contributed by atoms with Gasteiger partial charge < -0.3 is 9.47 Å². The Balaban J connectivity index is 1.39. The maximum Gasteiger partial charge on any atom is 0.573 e. The Hall–Kier alpha value is -2.79. The summed E-state index contributed by atoms with van der Waals surface area (Å²) < 4.78 is 73.2.